The van der Waals surface area contributed by atoms with Crippen molar-refractivity contribution in [2.24, 2.45) is 0 Å². The number of aromatic nitrogens is 1. The molecule has 0 spiro atoms. The minimum absolute atomic E-state index is 0.0545. The molecule has 11 heteroatoms. The van der Waals surface area contributed by atoms with Gasteiger partial charge in [-0.3, -0.25) is 19.1 Å². The number of pyridine rings is 1. The molecular formula is C21H24N4O4S3. The van der Waals surface area contributed by atoms with Crippen LogP contribution >= 0.6 is 24.0 Å². The van der Waals surface area contributed by atoms with Gasteiger partial charge in [0.1, 0.15) is 21.8 Å². The molecule has 4 heterocycles. The fourth-order valence-electron chi connectivity index (χ4n) is 4.61. The molecule has 3 aliphatic heterocycles. The number of carbonyl (C=O) groups excluding carboxylic acids is 1. The van der Waals surface area contributed by atoms with Crippen LogP contribution in [0.3, 0.4) is 0 Å². The Hall–Kier alpha value is -2.16. The van der Waals surface area contributed by atoms with Crippen LogP contribution in [-0.4, -0.2) is 58.7 Å². The fourth-order valence-corrected chi connectivity index (χ4v) is 7.69. The molecule has 1 atom stereocenters. The summed E-state index contributed by atoms with van der Waals surface area (Å²) in [7, 11) is -3.17. The van der Waals surface area contributed by atoms with E-state index in [1.165, 1.54) is 4.90 Å². The van der Waals surface area contributed by atoms with Crippen LogP contribution in [0, 0.1) is 18.3 Å². The Morgan fingerprint density at radius 1 is 1.28 bits per heavy atom. The number of thiocarbonyl (C=S) groups is 1. The number of hydrogen-bond acceptors (Lipinski definition) is 8. The highest BCUT2D eigenvalue weighted by atomic mass is 32.2. The molecule has 0 saturated carbocycles. The first-order valence-electron chi connectivity index (χ1n) is 10.6. The molecule has 3 saturated heterocycles. The summed E-state index contributed by atoms with van der Waals surface area (Å²) in [5.41, 5.74) is 0.955. The molecule has 0 radical (unpaired) electrons. The van der Waals surface area contributed by atoms with E-state index >= 15 is 0 Å². The van der Waals surface area contributed by atoms with E-state index in [-0.39, 0.29) is 28.5 Å². The summed E-state index contributed by atoms with van der Waals surface area (Å²) in [5, 5.41) is 9.63. The molecule has 3 aliphatic rings. The van der Waals surface area contributed by atoms with Gasteiger partial charge >= 0.3 is 0 Å². The average molecular weight is 493 g/mol. The molecule has 1 aromatic heterocycles. The van der Waals surface area contributed by atoms with Crippen molar-refractivity contribution >= 4 is 55.9 Å². The van der Waals surface area contributed by atoms with Crippen LogP contribution in [0.2, 0.25) is 0 Å². The van der Waals surface area contributed by atoms with E-state index in [0.717, 1.165) is 43.5 Å². The van der Waals surface area contributed by atoms with Gasteiger partial charge in [0.25, 0.3) is 11.5 Å². The van der Waals surface area contributed by atoms with Gasteiger partial charge in [0, 0.05) is 25.2 Å². The number of sulfone groups is 1. The first-order chi connectivity index (χ1) is 15.2. The normalized spacial score (nSPS) is 24.0. The lowest BCUT2D eigenvalue weighted by Gasteiger charge is -2.26. The molecule has 32 heavy (non-hydrogen) atoms. The zero-order valence-corrected chi connectivity index (χ0v) is 20.4. The highest BCUT2D eigenvalue weighted by molar-refractivity contribution is 8.26. The van der Waals surface area contributed by atoms with Gasteiger partial charge in [-0.1, -0.05) is 24.0 Å². The summed E-state index contributed by atoms with van der Waals surface area (Å²) in [6.45, 7) is 5.59. The second-order valence-electron chi connectivity index (χ2n) is 8.20. The van der Waals surface area contributed by atoms with Gasteiger partial charge in [-0.15, -0.1) is 0 Å². The van der Waals surface area contributed by atoms with E-state index in [4.69, 9.17) is 12.2 Å². The van der Waals surface area contributed by atoms with Crippen molar-refractivity contribution in [3.05, 3.63) is 31.9 Å². The topological polar surface area (TPSA) is 103 Å². The third-order valence-corrected chi connectivity index (χ3v) is 9.32. The van der Waals surface area contributed by atoms with Crippen LogP contribution in [0.4, 0.5) is 5.82 Å². The number of carbonyl (C=O) groups is 1. The molecule has 1 unspecified atom stereocenters. The zero-order valence-electron chi connectivity index (χ0n) is 18.0. The van der Waals surface area contributed by atoms with E-state index < -0.39 is 15.9 Å². The number of thioether (sulfide) groups is 1. The molecule has 3 fully saturated rings. The highest BCUT2D eigenvalue weighted by Gasteiger charge is 2.42. The summed E-state index contributed by atoms with van der Waals surface area (Å²) in [5.74, 6) is 0.380. The number of rotatable bonds is 4. The van der Waals surface area contributed by atoms with E-state index in [0.29, 0.717) is 33.3 Å². The Bertz CT molecular complexity index is 1240. The van der Waals surface area contributed by atoms with Gasteiger partial charge in [0.15, 0.2) is 9.84 Å². The smallest absolute Gasteiger partial charge is 0.270 e. The third kappa shape index (κ3) is 3.89. The summed E-state index contributed by atoms with van der Waals surface area (Å²) in [4.78, 5) is 30.1. The van der Waals surface area contributed by atoms with Crippen LogP contribution in [0.1, 0.15) is 42.9 Å². The largest absolute Gasteiger partial charge is 0.357 e. The van der Waals surface area contributed by atoms with Crippen molar-refractivity contribution < 1.29 is 13.2 Å². The lowest BCUT2D eigenvalue weighted by Crippen LogP contribution is -2.39. The average Bonchev–Trinajstić information content (AvgIpc) is 3.44. The number of anilines is 1. The van der Waals surface area contributed by atoms with E-state index in [1.807, 2.05) is 13.0 Å². The molecule has 170 valence electrons. The van der Waals surface area contributed by atoms with Gasteiger partial charge in [0.05, 0.1) is 22.5 Å². The number of hydrogen-bond donors (Lipinski definition) is 0. The van der Waals surface area contributed by atoms with Gasteiger partial charge in [-0.2, -0.15) is 5.26 Å². The highest BCUT2D eigenvalue weighted by Crippen LogP contribution is 2.38. The van der Waals surface area contributed by atoms with E-state index in [9.17, 15) is 23.3 Å². The second kappa shape index (κ2) is 8.65. The molecule has 4 rings (SSSR count). The van der Waals surface area contributed by atoms with Crippen LogP contribution < -0.4 is 10.5 Å². The zero-order chi connectivity index (χ0) is 23.2. The van der Waals surface area contributed by atoms with Crippen molar-refractivity contribution in [2.75, 3.05) is 29.5 Å². The van der Waals surface area contributed by atoms with Gasteiger partial charge in [-0.25, -0.2) is 8.42 Å². The predicted molar refractivity (Wildman–Crippen MR) is 129 cm³/mol. The van der Waals surface area contributed by atoms with E-state index in [2.05, 4.69) is 4.90 Å². The Balaban J connectivity index is 1.83. The van der Waals surface area contributed by atoms with Gasteiger partial charge in [-0.05, 0) is 44.7 Å². The maximum atomic E-state index is 13.2. The first-order valence-corrected chi connectivity index (χ1v) is 13.6. The van der Waals surface area contributed by atoms with Crippen molar-refractivity contribution in [1.29, 1.82) is 5.26 Å². The molecule has 0 aromatic carbocycles. The molecule has 1 aromatic rings. The monoisotopic (exact) mass is 492 g/mol. The number of nitriles is 1. The number of nitrogens with zero attached hydrogens (tertiary/aromatic N) is 4. The van der Waals surface area contributed by atoms with Crippen LogP contribution in [-0.2, 0) is 21.2 Å². The van der Waals surface area contributed by atoms with Crippen molar-refractivity contribution in [2.45, 2.75) is 45.7 Å². The molecular weight excluding hydrogens is 468 g/mol. The molecule has 1 amide bonds. The van der Waals surface area contributed by atoms with Crippen LogP contribution in [0.25, 0.3) is 6.08 Å². The molecule has 8 nitrogen and oxygen atoms in total. The summed E-state index contributed by atoms with van der Waals surface area (Å²) < 4.78 is 25.8. The van der Waals surface area contributed by atoms with Crippen molar-refractivity contribution in [1.82, 2.24) is 9.47 Å². The predicted octanol–water partition coefficient (Wildman–Crippen LogP) is 2.04. The lowest BCUT2D eigenvalue weighted by atomic mass is 10.0. The van der Waals surface area contributed by atoms with Crippen LogP contribution in [0.5, 0.6) is 0 Å². The second-order valence-corrected chi connectivity index (χ2v) is 12.1. The number of amides is 1. The lowest BCUT2D eigenvalue weighted by molar-refractivity contribution is -0.123. The quantitative estimate of drug-likeness (QED) is 0.465. The first kappa shape index (κ1) is 23.0. The SMILES string of the molecule is CCn1c(N2CCCC2)c(/C=C2\SC(=S)N(C3CCS(=O)(=O)C3)C2=O)c(C)c(C#N)c1=O. The summed E-state index contributed by atoms with van der Waals surface area (Å²) >= 11 is 6.57. The minimum atomic E-state index is -3.17. The van der Waals surface area contributed by atoms with Crippen LogP contribution in [0.15, 0.2) is 9.70 Å². The van der Waals surface area contributed by atoms with Gasteiger partial charge in [0.2, 0.25) is 0 Å². The Kier molecular flexibility index (Phi) is 6.22. The maximum Gasteiger partial charge on any atom is 0.270 e. The Morgan fingerprint density at radius 2 is 1.97 bits per heavy atom. The molecule has 0 aliphatic carbocycles. The van der Waals surface area contributed by atoms with Gasteiger partial charge < -0.3 is 4.90 Å². The molecule has 0 N–H and O–H groups in total. The minimum Gasteiger partial charge on any atom is -0.357 e. The fraction of sp³-hybridized carbons (Fsp3) is 0.524. The Morgan fingerprint density at radius 3 is 2.53 bits per heavy atom. The standard InChI is InChI=1S/C21H24N4O4S3/c1-3-24-18(23-7-4-5-8-23)15(13(2)16(11-22)19(24)26)10-17-20(27)25(21(30)31-17)14-6-9-32(28,29)12-14/h10,14H,3-9,12H2,1-2H3/b17-10-. The Labute approximate surface area is 196 Å². The third-order valence-electron chi connectivity index (χ3n) is 6.24. The van der Waals surface area contributed by atoms with E-state index in [1.54, 1.807) is 17.6 Å². The summed E-state index contributed by atoms with van der Waals surface area (Å²) in [6, 6.07) is 1.58. The maximum absolute atomic E-state index is 13.2. The summed E-state index contributed by atoms with van der Waals surface area (Å²) in [6.07, 6.45) is 4.11. The molecule has 0 bridgehead atoms. The van der Waals surface area contributed by atoms with Crippen molar-refractivity contribution in [3.8, 4) is 6.07 Å². The van der Waals surface area contributed by atoms with Crippen molar-refractivity contribution in [3.63, 3.8) is 0 Å².